The maximum atomic E-state index is 7.19. The molecule has 2 aliphatic rings. The molecule has 1 aliphatic carbocycles. The van der Waals surface area contributed by atoms with Crippen molar-refractivity contribution < 1.29 is 4.74 Å². The second kappa shape index (κ2) is 16.5. The highest BCUT2D eigenvalue weighted by atomic mass is 16.5. The monoisotopic (exact) mass is 903 g/mol. The molecule has 0 saturated heterocycles. The smallest absolute Gasteiger partial charge is 0.140 e. The molecule has 0 N–H and O–H groups in total. The Hall–Kier alpha value is -9.24. The Morgan fingerprint density at radius 3 is 1.32 bits per heavy atom. The summed E-state index contributed by atoms with van der Waals surface area (Å²) in [6.45, 7) is 0. The highest BCUT2D eigenvalue weighted by Gasteiger charge is 2.51. The fourth-order valence-corrected chi connectivity index (χ4v) is 11.6. The molecule has 0 saturated carbocycles. The van der Waals surface area contributed by atoms with Gasteiger partial charge in [-0.1, -0.05) is 224 Å². The molecule has 71 heavy (non-hydrogen) atoms. The first-order valence-corrected chi connectivity index (χ1v) is 24.5. The molecule has 0 amide bonds. The quantitative estimate of drug-likeness (QED) is 0.158. The highest BCUT2D eigenvalue weighted by Crippen LogP contribution is 2.64. The van der Waals surface area contributed by atoms with Crippen LogP contribution >= 0.6 is 0 Å². The van der Waals surface area contributed by atoms with E-state index < -0.39 is 5.41 Å². The van der Waals surface area contributed by atoms with Crippen molar-refractivity contribution in [1.82, 2.24) is 0 Å². The third-order valence-corrected chi connectivity index (χ3v) is 14.9. The Morgan fingerprint density at radius 1 is 0.254 bits per heavy atom. The van der Waals surface area contributed by atoms with Crippen molar-refractivity contribution in [3.8, 4) is 67.1 Å². The summed E-state index contributed by atoms with van der Waals surface area (Å²) in [6.07, 6.45) is 0. The van der Waals surface area contributed by atoms with E-state index in [2.05, 4.69) is 278 Å². The van der Waals surface area contributed by atoms with Crippen molar-refractivity contribution in [2.45, 2.75) is 5.41 Å². The van der Waals surface area contributed by atoms with Gasteiger partial charge in [-0.2, -0.15) is 0 Å². The van der Waals surface area contributed by atoms with Gasteiger partial charge >= 0.3 is 0 Å². The molecule has 0 aromatic heterocycles. The second-order valence-corrected chi connectivity index (χ2v) is 18.8. The maximum Gasteiger partial charge on any atom is 0.140 e. The molecule has 1 spiro atoms. The van der Waals surface area contributed by atoms with Gasteiger partial charge in [-0.05, 0) is 126 Å². The number of hydrogen-bond donors (Lipinski definition) is 0. The number of fused-ring (bicyclic) bond motifs is 13. The molecule has 0 unspecified atom stereocenters. The molecule has 14 rings (SSSR count). The molecule has 12 aromatic rings. The average Bonchev–Trinajstić information content (AvgIpc) is 3.73. The van der Waals surface area contributed by atoms with Crippen LogP contribution in [0.25, 0.3) is 77.2 Å². The Bertz CT molecular complexity index is 3870. The summed E-state index contributed by atoms with van der Waals surface area (Å²) < 4.78 is 7.19. The Labute approximate surface area is 414 Å². The third-order valence-electron chi connectivity index (χ3n) is 14.9. The lowest BCUT2D eigenvalue weighted by Gasteiger charge is -2.40. The van der Waals surface area contributed by atoms with Crippen LogP contribution in [-0.2, 0) is 5.41 Å². The van der Waals surface area contributed by atoms with Crippen molar-refractivity contribution in [3.05, 3.63) is 295 Å². The van der Waals surface area contributed by atoms with E-state index in [1.807, 2.05) is 0 Å². The number of benzene rings is 12. The molecule has 332 valence electrons. The SMILES string of the molecule is c1ccc(-c2cccc(N(c3ccc(-c4ccc5c(c4)-c4ccccc4C54c5ccc6ccccc6c5Oc5c4ccc4ccccc54)cc3)c3cc(-c4ccccc4)cc(-c4ccccc4)c3)c2)cc1. The molecule has 0 atom stereocenters. The predicted molar refractivity (Wildman–Crippen MR) is 295 cm³/mol. The van der Waals surface area contributed by atoms with Crippen molar-refractivity contribution in [2.24, 2.45) is 0 Å². The summed E-state index contributed by atoms with van der Waals surface area (Å²) in [5.41, 5.74) is 19.4. The molecular formula is C69H45NO. The van der Waals surface area contributed by atoms with Crippen LogP contribution < -0.4 is 9.64 Å². The first-order chi connectivity index (χ1) is 35.2. The van der Waals surface area contributed by atoms with Gasteiger partial charge in [-0.15, -0.1) is 0 Å². The maximum absolute atomic E-state index is 7.19. The van der Waals surface area contributed by atoms with E-state index in [-0.39, 0.29) is 0 Å². The standard InChI is InChI=1S/C69H45NO/c1-4-17-46(18-5-1)52-25-16-26-57(42-52)70(58-43-54(47-19-6-2-7-20-47)41-55(44-58)48-21-8-3-9-22-48)56-36-31-49(32-37-56)53-35-38-64-62(45-53)61-29-14-15-30-63(61)69(64)65-39-33-50-23-10-12-27-59(50)67(65)71-68-60-28-13-11-24-51(60)34-40-66(68)69/h1-45H. The molecule has 2 heteroatoms. The van der Waals surface area contributed by atoms with Gasteiger partial charge in [0.05, 0.1) is 5.41 Å². The van der Waals surface area contributed by atoms with E-state index >= 15 is 0 Å². The predicted octanol–water partition coefficient (Wildman–Crippen LogP) is 18.6. The van der Waals surface area contributed by atoms with Gasteiger partial charge in [0.15, 0.2) is 0 Å². The minimum absolute atomic E-state index is 0.590. The fraction of sp³-hybridized carbons (Fsp3) is 0.0145. The second-order valence-electron chi connectivity index (χ2n) is 18.8. The fourth-order valence-electron chi connectivity index (χ4n) is 11.6. The van der Waals surface area contributed by atoms with Crippen LogP contribution in [0.3, 0.4) is 0 Å². The largest absolute Gasteiger partial charge is 0.455 e. The van der Waals surface area contributed by atoms with Gasteiger partial charge in [0.25, 0.3) is 0 Å². The summed E-state index contributed by atoms with van der Waals surface area (Å²) in [7, 11) is 0. The van der Waals surface area contributed by atoms with Gasteiger partial charge < -0.3 is 9.64 Å². The van der Waals surface area contributed by atoms with E-state index in [0.717, 1.165) is 56.0 Å². The lowest BCUT2D eigenvalue weighted by atomic mass is 9.65. The molecular weight excluding hydrogens is 859 g/mol. The Morgan fingerprint density at radius 2 is 0.704 bits per heavy atom. The number of anilines is 3. The van der Waals surface area contributed by atoms with Crippen molar-refractivity contribution in [1.29, 1.82) is 0 Å². The van der Waals surface area contributed by atoms with Gasteiger partial charge in [-0.25, -0.2) is 0 Å². The third kappa shape index (κ3) is 6.57. The first-order valence-electron chi connectivity index (χ1n) is 24.5. The Kier molecular flexibility index (Phi) is 9.47. The summed E-state index contributed by atoms with van der Waals surface area (Å²) in [5, 5.41) is 4.57. The lowest BCUT2D eigenvalue weighted by Crippen LogP contribution is -2.32. The van der Waals surface area contributed by atoms with E-state index in [4.69, 9.17) is 4.74 Å². The van der Waals surface area contributed by atoms with Crippen LogP contribution in [-0.4, -0.2) is 0 Å². The molecule has 2 nitrogen and oxygen atoms in total. The van der Waals surface area contributed by atoms with E-state index in [9.17, 15) is 0 Å². The van der Waals surface area contributed by atoms with Crippen molar-refractivity contribution in [2.75, 3.05) is 4.90 Å². The Balaban J connectivity index is 0.931. The van der Waals surface area contributed by atoms with Crippen LogP contribution in [0.1, 0.15) is 22.3 Å². The molecule has 0 bridgehead atoms. The normalized spacial score (nSPS) is 12.7. The zero-order valence-electron chi connectivity index (χ0n) is 38.8. The first kappa shape index (κ1) is 40.8. The van der Waals surface area contributed by atoms with Gasteiger partial charge in [0.2, 0.25) is 0 Å². The van der Waals surface area contributed by atoms with E-state index in [1.54, 1.807) is 0 Å². The number of nitrogens with zero attached hydrogens (tertiary/aromatic N) is 1. The number of hydrogen-bond acceptors (Lipinski definition) is 2. The summed E-state index contributed by atoms with van der Waals surface area (Å²) >= 11 is 0. The molecule has 1 aliphatic heterocycles. The summed E-state index contributed by atoms with van der Waals surface area (Å²) in [5.74, 6) is 1.86. The molecule has 0 radical (unpaired) electrons. The minimum Gasteiger partial charge on any atom is -0.455 e. The number of rotatable bonds is 7. The van der Waals surface area contributed by atoms with Crippen LogP contribution in [0.2, 0.25) is 0 Å². The van der Waals surface area contributed by atoms with Gasteiger partial charge in [-0.3, -0.25) is 0 Å². The van der Waals surface area contributed by atoms with Crippen molar-refractivity contribution in [3.63, 3.8) is 0 Å². The van der Waals surface area contributed by atoms with E-state index in [1.165, 1.54) is 72.0 Å². The van der Waals surface area contributed by atoms with Crippen LogP contribution in [0.4, 0.5) is 17.1 Å². The van der Waals surface area contributed by atoms with Crippen molar-refractivity contribution >= 4 is 38.6 Å². The summed E-state index contributed by atoms with van der Waals surface area (Å²) in [4.78, 5) is 2.41. The topological polar surface area (TPSA) is 12.5 Å². The molecule has 12 aromatic carbocycles. The molecule has 1 heterocycles. The lowest BCUT2D eigenvalue weighted by molar-refractivity contribution is 0.447. The summed E-state index contributed by atoms with van der Waals surface area (Å²) in [6, 6.07) is 99.7. The minimum atomic E-state index is -0.590. The zero-order valence-corrected chi connectivity index (χ0v) is 38.8. The molecule has 0 fully saturated rings. The van der Waals surface area contributed by atoms with Crippen LogP contribution in [0.15, 0.2) is 273 Å². The zero-order chi connectivity index (χ0) is 46.9. The number of ether oxygens (including phenoxy) is 1. The highest BCUT2D eigenvalue weighted by molar-refractivity contribution is 6.00. The van der Waals surface area contributed by atoms with Gasteiger partial charge in [0, 0.05) is 39.0 Å². The van der Waals surface area contributed by atoms with Gasteiger partial charge in [0.1, 0.15) is 11.5 Å². The van der Waals surface area contributed by atoms with Crippen LogP contribution in [0.5, 0.6) is 11.5 Å². The van der Waals surface area contributed by atoms with E-state index in [0.29, 0.717) is 0 Å². The van der Waals surface area contributed by atoms with Crippen LogP contribution in [0, 0.1) is 0 Å². The average molecular weight is 904 g/mol.